The highest BCUT2D eigenvalue weighted by Gasteiger charge is 2.22. The molecule has 1 saturated heterocycles. The van der Waals surface area contributed by atoms with Gasteiger partial charge in [-0.25, -0.2) is 0 Å². The van der Waals surface area contributed by atoms with E-state index in [1.54, 1.807) is 30.6 Å². The molecule has 2 N–H and O–H groups in total. The van der Waals surface area contributed by atoms with Crippen LogP contribution in [0.2, 0.25) is 5.02 Å². The van der Waals surface area contributed by atoms with Crippen LogP contribution in [0.4, 0.5) is 5.69 Å². The minimum absolute atomic E-state index is 0. The number of carbonyl (C=O) groups is 1. The molecule has 1 unspecified atom stereocenters. The highest BCUT2D eigenvalue weighted by Crippen LogP contribution is 2.28. The van der Waals surface area contributed by atoms with E-state index < -0.39 is 0 Å². The number of anilines is 1. The minimum atomic E-state index is -0.115. The van der Waals surface area contributed by atoms with Gasteiger partial charge >= 0.3 is 0 Å². The molecule has 2 heterocycles. The lowest BCUT2D eigenvalue weighted by molar-refractivity contribution is -0.117. The zero-order chi connectivity index (χ0) is 16.1. The molecule has 1 aliphatic heterocycles. The average molecular weight is 405 g/mol. The molecule has 25 heavy (non-hydrogen) atoms. The molecule has 1 aromatic carbocycles. The van der Waals surface area contributed by atoms with Crippen molar-refractivity contribution in [3.63, 3.8) is 0 Å². The molecule has 1 amide bonds. The summed E-state index contributed by atoms with van der Waals surface area (Å²) in [7, 11) is 0. The van der Waals surface area contributed by atoms with Crippen LogP contribution in [0.15, 0.2) is 42.7 Å². The number of hydrogen-bond acceptors (Lipinski definition) is 4. The van der Waals surface area contributed by atoms with Crippen LogP contribution < -0.4 is 15.4 Å². The number of carbonyl (C=O) groups excluding carboxylic acids is 1. The first-order valence-electron chi connectivity index (χ1n) is 7.58. The second-order valence-corrected chi connectivity index (χ2v) is 5.84. The Morgan fingerprint density at radius 3 is 2.84 bits per heavy atom. The van der Waals surface area contributed by atoms with Crippen molar-refractivity contribution in [3.05, 3.63) is 53.3 Å². The maximum absolute atomic E-state index is 12.1. The second kappa shape index (κ2) is 10.5. The van der Waals surface area contributed by atoms with Crippen molar-refractivity contribution in [1.82, 2.24) is 10.3 Å². The topological polar surface area (TPSA) is 63.2 Å². The molecule has 136 valence electrons. The molecule has 1 atom stereocenters. The maximum atomic E-state index is 12.1. The number of ether oxygens (including phenoxy) is 1. The summed E-state index contributed by atoms with van der Waals surface area (Å²) in [5.41, 5.74) is 1.63. The number of halogens is 3. The van der Waals surface area contributed by atoms with E-state index in [9.17, 15) is 4.79 Å². The Labute approximate surface area is 164 Å². The zero-order valence-corrected chi connectivity index (χ0v) is 15.8. The van der Waals surface area contributed by atoms with Gasteiger partial charge in [-0.15, -0.1) is 24.8 Å². The molecule has 1 fully saturated rings. The van der Waals surface area contributed by atoms with Crippen LogP contribution in [0.1, 0.15) is 18.4 Å². The van der Waals surface area contributed by atoms with Crippen molar-refractivity contribution >= 4 is 48.0 Å². The van der Waals surface area contributed by atoms with Crippen molar-refractivity contribution in [3.8, 4) is 5.75 Å². The number of hydrogen-bond donors (Lipinski definition) is 2. The van der Waals surface area contributed by atoms with Crippen molar-refractivity contribution in [2.45, 2.75) is 25.5 Å². The Kier molecular flexibility index (Phi) is 9.00. The monoisotopic (exact) mass is 403 g/mol. The van der Waals surface area contributed by atoms with E-state index in [4.69, 9.17) is 16.3 Å². The summed E-state index contributed by atoms with van der Waals surface area (Å²) in [6.45, 7) is 1.28. The summed E-state index contributed by atoms with van der Waals surface area (Å²) in [6, 6.07) is 8.93. The molecule has 0 radical (unpaired) electrons. The number of amides is 1. The van der Waals surface area contributed by atoms with Crippen LogP contribution in [-0.4, -0.2) is 23.5 Å². The molecule has 8 heteroatoms. The van der Waals surface area contributed by atoms with Gasteiger partial charge in [-0.1, -0.05) is 17.7 Å². The Bertz CT molecular complexity index is 680. The third-order valence-electron chi connectivity index (χ3n) is 3.69. The molecule has 3 rings (SSSR count). The van der Waals surface area contributed by atoms with E-state index in [-0.39, 0.29) is 36.8 Å². The van der Waals surface area contributed by atoms with Crippen molar-refractivity contribution in [2.75, 3.05) is 11.9 Å². The van der Waals surface area contributed by atoms with Gasteiger partial charge in [-0.3, -0.25) is 9.78 Å². The van der Waals surface area contributed by atoms with Crippen LogP contribution in [0.3, 0.4) is 0 Å². The summed E-state index contributed by atoms with van der Waals surface area (Å²) in [6.07, 6.45) is 5.36. The van der Waals surface area contributed by atoms with Crippen LogP contribution in [0.5, 0.6) is 5.75 Å². The summed E-state index contributed by atoms with van der Waals surface area (Å²) in [4.78, 5) is 16.1. The second-order valence-electron chi connectivity index (χ2n) is 5.43. The number of pyridine rings is 1. The predicted molar refractivity (Wildman–Crippen MR) is 104 cm³/mol. The maximum Gasteiger partial charge on any atom is 0.241 e. The molecule has 0 aliphatic carbocycles. The number of aromatic nitrogens is 1. The fraction of sp³-hybridized carbons (Fsp3) is 0.294. The summed E-state index contributed by atoms with van der Waals surface area (Å²) >= 11 is 6.23. The predicted octanol–water partition coefficient (Wildman–Crippen LogP) is 3.85. The van der Waals surface area contributed by atoms with E-state index in [2.05, 4.69) is 15.6 Å². The van der Waals surface area contributed by atoms with Crippen molar-refractivity contribution in [2.24, 2.45) is 0 Å². The fourth-order valence-corrected chi connectivity index (χ4v) is 2.71. The molecule has 0 saturated carbocycles. The largest absolute Gasteiger partial charge is 0.487 e. The molecular formula is C17H20Cl3N3O2. The summed E-state index contributed by atoms with van der Waals surface area (Å²) in [5.74, 6) is 0.551. The number of nitrogens with one attached hydrogen (secondary N) is 2. The normalized spacial score (nSPS) is 15.6. The van der Waals surface area contributed by atoms with Gasteiger partial charge < -0.3 is 15.4 Å². The summed E-state index contributed by atoms with van der Waals surface area (Å²) < 4.78 is 5.69. The molecule has 0 spiro atoms. The third kappa shape index (κ3) is 6.04. The SMILES string of the molecule is Cl.Cl.O=C(Nc1ccc(OCc2cccnc2)c(Cl)c1)C1CCCN1. The van der Waals surface area contributed by atoms with Gasteiger partial charge in [0.15, 0.2) is 0 Å². The zero-order valence-electron chi connectivity index (χ0n) is 13.4. The Balaban J connectivity index is 0.00000156. The highest BCUT2D eigenvalue weighted by molar-refractivity contribution is 6.32. The highest BCUT2D eigenvalue weighted by atomic mass is 35.5. The molecule has 1 aromatic heterocycles. The molecule has 1 aliphatic rings. The van der Waals surface area contributed by atoms with E-state index >= 15 is 0 Å². The Morgan fingerprint density at radius 1 is 1.36 bits per heavy atom. The van der Waals surface area contributed by atoms with Gasteiger partial charge in [-0.05, 0) is 43.7 Å². The quantitative estimate of drug-likeness (QED) is 0.794. The van der Waals surface area contributed by atoms with Gasteiger partial charge in [-0.2, -0.15) is 0 Å². The van der Waals surface area contributed by atoms with Crippen LogP contribution >= 0.6 is 36.4 Å². The lowest BCUT2D eigenvalue weighted by Gasteiger charge is -2.13. The lowest BCUT2D eigenvalue weighted by Crippen LogP contribution is -2.35. The summed E-state index contributed by atoms with van der Waals surface area (Å²) in [5, 5.41) is 6.50. The third-order valence-corrected chi connectivity index (χ3v) is 3.99. The lowest BCUT2D eigenvalue weighted by atomic mass is 10.2. The number of nitrogens with zero attached hydrogens (tertiary/aromatic N) is 1. The minimum Gasteiger partial charge on any atom is -0.487 e. The molecule has 2 aromatic rings. The smallest absolute Gasteiger partial charge is 0.241 e. The van der Waals surface area contributed by atoms with Gasteiger partial charge in [0.1, 0.15) is 12.4 Å². The molecular weight excluding hydrogens is 385 g/mol. The Morgan fingerprint density at radius 2 is 2.20 bits per heavy atom. The van der Waals surface area contributed by atoms with E-state index in [0.29, 0.717) is 23.1 Å². The van der Waals surface area contributed by atoms with E-state index in [1.807, 2.05) is 12.1 Å². The first-order chi connectivity index (χ1) is 11.2. The number of rotatable bonds is 5. The van der Waals surface area contributed by atoms with Gasteiger partial charge in [0, 0.05) is 23.6 Å². The van der Waals surface area contributed by atoms with E-state index in [1.165, 1.54) is 0 Å². The molecule has 5 nitrogen and oxygen atoms in total. The van der Waals surface area contributed by atoms with Gasteiger partial charge in [0.25, 0.3) is 0 Å². The van der Waals surface area contributed by atoms with Crippen LogP contribution in [-0.2, 0) is 11.4 Å². The standard InChI is InChI=1S/C17H18ClN3O2.2ClH/c18-14-9-13(21-17(22)15-4-2-8-20-15)5-6-16(14)23-11-12-3-1-7-19-10-12;;/h1,3,5-7,9-10,15,20H,2,4,8,11H2,(H,21,22);2*1H. The first-order valence-corrected chi connectivity index (χ1v) is 7.96. The van der Waals surface area contributed by atoms with Crippen LogP contribution in [0, 0.1) is 0 Å². The van der Waals surface area contributed by atoms with Gasteiger partial charge in [0.05, 0.1) is 11.1 Å². The van der Waals surface area contributed by atoms with Crippen molar-refractivity contribution in [1.29, 1.82) is 0 Å². The van der Waals surface area contributed by atoms with Gasteiger partial charge in [0.2, 0.25) is 5.91 Å². The molecule has 0 bridgehead atoms. The number of benzene rings is 1. The first kappa shape index (κ1) is 21.5. The fourth-order valence-electron chi connectivity index (χ4n) is 2.48. The van der Waals surface area contributed by atoms with Crippen LogP contribution in [0.25, 0.3) is 0 Å². The Hall–Kier alpha value is -1.53. The van der Waals surface area contributed by atoms with E-state index in [0.717, 1.165) is 24.9 Å². The van der Waals surface area contributed by atoms with Crippen molar-refractivity contribution < 1.29 is 9.53 Å². The average Bonchev–Trinajstić information content (AvgIpc) is 3.10.